The molecule has 0 bridgehead atoms. The molecule has 1 unspecified atom stereocenters. The summed E-state index contributed by atoms with van der Waals surface area (Å²) in [5.41, 5.74) is 6.88. The predicted octanol–water partition coefficient (Wildman–Crippen LogP) is 4.10. The lowest BCUT2D eigenvalue weighted by Gasteiger charge is -2.36. The molecule has 0 saturated carbocycles. The van der Waals surface area contributed by atoms with E-state index in [2.05, 4.69) is 32.4 Å². The van der Waals surface area contributed by atoms with Gasteiger partial charge in [-0.15, -0.1) is 10.2 Å². The molecule has 10 nitrogen and oxygen atoms in total. The van der Waals surface area contributed by atoms with Gasteiger partial charge in [0.1, 0.15) is 5.82 Å². The van der Waals surface area contributed by atoms with Crippen molar-refractivity contribution in [3.8, 4) is 17.8 Å². The first-order valence-corrected chi connectivity index (χ1v) is 14.9. The minimum absolute atomic E-state index is 0.0291. The fourth-order valence-electron chi connectivity index (χ4n) is 5.39. The molecule has 2 fully saturated rings. The van der Waals surface area contributed by atoms with Crippen LogP contribution >= 0.6 is 23.2 Å². The van der Waals surface area contributed by atoms with E-state index in [0.29, 0.717) is 17.3 Å². The second-order valence-corrected chi connectivity index (χ2v) is 11.3. The van der Waals surface area contributed by atoms with Gasteiger partial charge >= 0.3 is 8.05 Å². The van der Waals surface area contributed by atoms with Crippen molar-refractivity contribution in [1.29, 1.82) is 0 Å². The smallest absolute Gasteiger partial charge is 0.337 e. The van der Waals surface area contributed by atoms with Gasteiger partial charge in [-0.25, -0.2) is 4.39 Å². The normalized spacial score (nSPS) is 16.1. The summed E-state index contributed by atoms with van der Waals surface area (Å²) in [6, 6.07) is 10.9. The summed E-state index contributed by atoms with van der Waals surface area (Å²) in [5.74, 6) is 1.07. The van der Waals surface area contributed by atoms with Crippen molar-refractivity contribution >= 4 is 54.6 Å². The number of benzene rings is 2. The number of nitrogen functional groups attached to an aromatic ring is 1. The summed E-state index contributed by atoms with van der Waals surface area (Å²) < 4.78 is 24.9. The number of hydrogen-bond acceptors (Lipinski definition) is 8. The maximum atomic E-state index is 14.2. The Morgan fingerprint density at radius 1 is 1.07 bits per heavy atom. The molecule has 0 aliphatic carbocycles. The maximum Gasteiger partial charge on any atom is 0.337 e. The molecule has 2 aliphatic heterocycles. The van der Waals surface area contributed by atoms with E-state index in [1.807, 2.05) is 4.90 Å². The van der Waals surface area contributed by atoms with E-state index < -0.39 is 17.8 Å². The molecule has 1 aromatic heterocycles. The molecule has 3 heterocycles. The third-order valence-electron chi connectivity index (χ3n) is 7.70. The van der Waals surface area contributed by atoms with Crippen molar-refractivity contribution in [2.45, 2.75) is 37.8 Å². The molecule has 2 aromatic carbocycles. The van der Waals surface area contributed by atoms with E-state index >= 15 is 0 Å². The van der Waals surface area contributed by atoms with Crippen LogP contribution in [0.4, 0.5) is 15.9 Å². The van der Waals surface area contributed by atoms with Crippen molar-refractivity contribution in [2.75, 3.05) is 37.2 Å². The van der Waals surface area contributed by atoms with Crippen LogP contribution in [0.5, 0.6) is 5.75 Å². The summed E-state index contributed by atoms with van der Waals surface area (Å²) in [7, 11) is 1.34. The Hall–Kier alpha value is -4.05. The van der Waals surface area contributed by atoms with Gasteiger partial charge in [0.15, 0.2) is 23.4 Å². The van der Waals surface area contributed by atoms with Gasteiger partial charge in [0.2, 0.25) is 0 Å². The molecule has 44 heavy (non-hydrogen) atoms. The summed E-state index contributed by atoms with van der Waals surface area (Å²) >= 11 is 12.4. The van der Waals surface area contributed by atoms with E-state index in [9.17, 15) is 14.0 Å². The summed E-state index contributed by atoms with van der Waals surface area (Å²) in [6.07, 6.45) is 5.64. The Labute approximate surface area is 265 Å². The number of ether oxygens (including phenoxy) is 1. The quantitative estimate of drug-likeness (QED) is 0.225. The number of amides is 2. The highest BCUT2D eigenvalue weighted by atomic mass is 35.5. The number of nitrogens with zero attached hydrogens (tertiary/aromatic N) is 4. The van der Waals surface area contributed by atoms with Crippen molar-refractivity contribution in [2.24, 2.45) is 0 Å². The van der Waals surface area contributed by atoms with Gasteiger partial charge in [0.25, 0.3) is 11.8 Å². The minimum atomic E-state index is -1.22. The van der Waals surface area contributed by atoms with E-state index in [4.69, 9.17) is 38.3 Å². The highest BCUT2D eigenvalue weighted by molar-refractivity contribution is 6.36. The second kappa shape index (κ2) is 14.2. The van der Waals surface area contributed by atoms with Crippen LogP contribution in [-0.4, -0.2) is 72.1 Å². The lowest BCUT2D eigenvalue weighted by molar-refractivity contribution is 0.0644. The third-order valence-corrected chi connectivity index (χ3v) is 8.41. The summed E-state index contributed by atoms with van der Waals surface area (Å²) in [5, 5.41) is 10.2. The van der Waals surface area contributed by atoms with Gasteiger partial charge in [-0.2, -0.15) is 0 Å². The standard InChI is InChI=1S/C30H30BCl2FN6O4/c31-43-16-11-24(26-21(32)7-8-22(34)27(26)33)44-25-17-23(37-38-28(25)35)29(41)36-19-5-3-18(4-6-19)30(42)40-14-9-20(10-15-40)39-12-1-2-13-39/h3-8,17,20,24H,1-2,9-10,12-15,31H2,(H2,35,38)(H,36,41). The van der Waals surface area contributed by atoms with Crippen molar-refractivity contribution < 1.29 is 23.4 Å². The number of hydrogen-bond donors (Lipinski definition) is 2. The molecule has 2 amide bonds. The van der Waals surface area contributed by atoms with Crippen LogP contribution in [0.2, 0.25) is 10.0 Å². The Bertz CT molecular complexity index is 1590. The number of piperidine rings is 1. The zero-order valence-electron chi connectivity index (χ0n) is 24.0. The number of halogens is 3. The highest BCUT2D eigenvalue weighted by Gasteiger charge is 2.29. The molecule has 0 radical (unpaired) electrons. The summed E-state index contributed by atoms with van der Waals surface area (Å²) in [4.78, 5) is 30.6. The number of carbonyl (C=O) groups is 2. The summed E-state index contributed by atoms with van der Waals surface area (Å²) in [6.45, 7) is 3.77. The number of rotatable bonds is 7. The van der Waals surface area contributed by atoms with Gasteiger partial charge in [0.05, 0.1) is 16.2 Å². The van der Waals surface area contributed by atoms with Gasteiger partial charge in [-0.3, -0.25) is 9.59 Å². The molecule has 228 valence electrons. The van der Waals surface area contributed by atoms with E-state index in [-0.39, 0.29) is 38.8 Å². The maximum absolute atomic E-state index is 14.2. The number of likely N-dealkylation sites (tertiary alicyclic amines) is 2. The van der Waals surface area contributed by atoms with Crippen molar-refractivity contribution in [1.82, 2.24) is 20.0 Å². The van der Waals surface area contributed by atoms with Gasteiger partial charge in [-0.1, -0.05) is 23.2 Å². The second-order valence-electron chi connectivity index (χ2n) is 10.5. The van der Waals surface area contributed by atoms with E-state index in [1.165, 1.54) is 33.0 Å². The molecular weight excluding hydrogens is 609 g/mol. The topological polar surface area (TPSA) is 123 Å². The highest BCUT2D eigenvalue weighted by Crippen LogP contribution is 2.36. The molecule has 14 heteroatoms. The lowest BCUT2D eigenvalue weighted by Crippen LogP contribution is -2.45. The SMILES string of the molecule is BOC#CC(Oc1cc(C(=O)Nc2ccc(C(=O)N3CCC(N4CCCC4)CC3)cc2)nnc1N)c1c(Cl)ccc(F)c1Cl. The fraction of sp³-hybridized carbons (Fsp3) is 0.333. The van der Waals surface area contributed by atoms with Crippen LogP contribution in [0.1, 0.15) is 58.2 Å². The molecular formula is C30H30BCl2FN6O4. The number of anilines is 2. The van der Waals surface area contributed by atoms with E-state index in [0.717, 1.165) is 45.1 Å². The first-order chi connectivity index (χ1) is 21.2. The molecule has 3 aromatic rings. The number of nitrogens with one attached hydrogen (secondary N) is 1. The van der Waals surface area contributed by atoms with Crippen LogP contribution in [0.3, 0.4) is 0 Å². The monoisotopic (exact) mass is 638 g/mol. The van der Waals surface area contributed by atoms with Crippen molar-refractivity contribution in [3.63, 3.8) is 0 Å². The van der Waals surface area contributed by atoms with Crippen molar-refractivity contribution in [3.05, 3.63) is 75.1 Å². The van der Waals surface area contributed by atoms with Crippen LogP contribution in [0, 0.1) is 17.8 Å². The van der Waals surface area contributed by atoms with Crippen LogP contribution in [0.25, 0.3) is 0 Å². The minimum Gasteiger partial charge on any atom is -0.525 e. The average Bonchev–Trinajstić information content (AvgIpc) is 3.58. The lowest BCUT2D eigenvalue weighted by atomic mass is 10.0. The van der Waals surface area contributed by atoms with Crippen LogP contribution < -0.4 is 15.8 Å². The Morgan fingerprint density at radius 3 is 2.45 bits per heavy atom. The predicted molar refractivity (Wildman–Crippen MR) is 168 cm³/mol. The molecule has 3 N–H and O–H groups in total. The first-order valence-electron chi connectivity index (χ1n) is 14.2. The zero-order chi connectivity index (χ0) is 31.2. The molecule has 0 spiro atoms. The Morgan fingerprint density at radius 2 is 1.77 bits per heavy atom. The van der Waals surface area contributed by atoms with Gasteiger partial charge in [-0.05, 0) is 81.1 Å². The number of aromatic nitrogens is 2. The molecule has 5 rings (SSSR count). The largest absolute Gasteiger partial charge is 0.525 e. The van der Waals surface area contributed by atoms with Gasteiger partial charge in [0, 0.05) is 42.0 Å². The molecule has 2 aliphatic rings. The van der Waals surface area contributed by atoms with Crippen LogP contribution in [-0.2, 0) is 4.65 Å². The number of carbonyl (C=O) groups excluding carboxylic acids is 2. The molecule has 1 atom stereocenters. The first kappa shape index (κ1) is 31.4. The molecule has 2 saturated heterocycles. The van der Waals surface area contributed by atoms with Crippen LogP contribution in [0.15, 0.2) is 42.5 Å². The average molecular weight is 639 g/mol. The zero-order valence-corrected chi connectivity index (χ0v) is 25.5. The Balaban J connectivity index is 1.24. The number of nitrogens with two attached hydrogens (primary N) is 1. The van der Waals surface area contributed by atoms with Gasteiger partial charge < -0.3 is 30.2 Å². The fourth-order valence-corrected chi connectivity index (χ4v) is 5.96. The third kappa shape index (κ3) is 7.18. The van der Waals surface area contributed by atoms with E-state index in [1.54, 1.807) is 24.3 Å². The Kier molecular flexibility index (Phi) is 10.1.